The number of nitrogens with one attached hydrogen (secondary N) is 2. The van der Waals surface area contributed by atoms with E-state index in [0.29, 0.717) is 21.9 Å². The van der Waals surface area contributed by atoms with E-state index in [1.165, 1.54) is 11.3 Å². The van der Waals surface area contributed by atoms with Gasteiger partial charge in [-0.1, -0.05) is 30.3 Å². The molecule has 0 unspecified atom stereocenters. The molecular weight excluding hydrogens is 464 g/mol. The van der Waals surface area contributed by atoms with Crippen LogP contribution >= 0.6 is 11.3 Å². The van der Waals surface area contributed by atoms with E-state index in [2.05, 4.69) is 15.8 Å². The van der Waals surface area contributed by atoms with Crippen LogP contribution in [0.25, 0.3) is 0 Å². The topological polar surface area (TPSA) is 123 Å². The number of hydrogen-bond acceptors (Lipinski definition) is 6. The van der Waals surface area contributed by atoms with Gasteiger partial charge in [-0.25, -0.2) is 5.43 Å². The molecule has 35 heavy (non-hydrogen) atoms. The molecule has 0 aliphatic heterocycles. The molecule has 1 aliphatic carbocycles. The zero-order valence-electron chi connectivity index (χ0n) is 19.2. The number of primary amides is 1. The van der Waals surface area contributed by atoms with Gasteiger partial charge in [0, 0.05) is 10.4 Å². The molecule has 0 spiro atoms. The quantitative estimate of drug-likeness (QED) is 0.327. The maximum absolute atomic E-state index is 12.8. The Morgan fingerprint density at radius 2 is 1.77 bits per heavy atom. The minimum absolute atomic E-state index is 0.348. The van der Waals surface area contributed by atoms with Crippen molar-refractivity contribution in [1.82, 2.24) is 5.43 Å². The van der Waals surface area contributed by atoms with Crippen molar-refractivity contribution in [2.75, 3.05) is 5.32 Å². The Kier molecular flexibility index (Phi) is 7.57. The summed E-state index contributed by atoms with van der Waals surface area (Å²) in [7, 11) is 0. The maximum atomic E-state index is 12.8. The minimum atomic E-state index is -0.793. The molecule has 0 saturated heterocycles. The normalized spacial score (nSPS) is 13.6. The van der Waals surface area contributed by atoms with Gasteiger partial charge in [0.05, 0.1) is 11.8 Å². The van der Waals surface area contributed by atoms with E-state index in [0.717, 1.165) is 41.7 Å². The van der Waals surface area contributed by atoms with Gasteiger partial charge >= 0.3 is 0 Å². The number of hydrazone groups is 1. The fourth-order valence-corrected chi connectivity index (χ4v) is 5.12. The lowest BCUT2D eigenvalue weighted by Crippen LogP contribution is -2.33. The van der Waals surface area contributed by atoms with Crippen LogP contribution in [-0.2, 0) is 17.6 Å². The number of hydrogen-bond donors (Lipinski definition) is 3. The van der Waals surface area contributed by atoms with Crippen LogP contribution in [0.1, 0.15) is 56.5 Å². The van der Waals surface area contributed by atoms with Crippen molar-refractivity contribution < 1.29 is 19.1 Å². The molecule has 8 nitrogen and oxygen atoms in total. The van der Waals surface area contributed by atoms with Crippen LogP contribution < -0.4 is 21.2 Å². The van der Waals surface area contributed by atoms with Crippen LogP contribution in [0.4, 0.5) is 5.00 Å². The number of nitrogens with two attached hydrogens (primary N) is 1. The standard InChI is InChI=1S/C26H26N4O4S/c1-16(24(32)30-28-15-17-7-3-2-4-8-17)34-19-13-11-18(12-14-19)25(33)29-26-22(23(27)31)20-9-5-6-10-21(20)35-26/h2-4,7-8,11-16H,5-6,9-10H2,1H3,(H2,27,31)(H,29,33)(H,30,32)/t16-/m1/s1. The van der Waals surface area contributed by atoms with Crippen LogP contribution in [0.15, 0.2) is 59.7 Å². The average Bonchev–Trinajstić information content (AvgIpc) is 3.23. The molecule has 0 fully saturated rings. The number of benzene rings is 2. The summed E-state index contributed by atoms with van der Waals surface area (Å²) in [6.45, 7) is 1.61. The van der Waals surface area contributed by atoms with E-state index < -0.39 is 17.9 Å². The molecule has 4 rings (SSSR count). The Morgan fingerprint density at radius 1 is 1.06 bits per heavy atom. The highest BCUT2D eigenvalue weighted by Gasteiger charge is 2.25. The number of ether oxygens (including phenoxy) is 1. The predicted octanol–water partition coefficient (Wildman–Crippen LogP) is 3.90. The smallest absolute Gasteiger partial charge is 0.280 e. The SMILES string of the molecule is C[C@@H](Oc1ccc(C(=O)Nc2sc3c(c2C(N)=O)CCCC3)cc1)C(=O)NN=Cc1ccccc1. The maximum Gasteiger partial charge on any atom is 0.280 e. The van der Waals surface area contributed by atoms with Crippen molar-refractivity contribution >= 4 is 40.3 Å². The summed E-state index contributed by atoms with van der Waals surface area (Å²) >= 11 is 1.42. The van der Waals surface area contributed by atoms with Crippen molar-refractivity contribution in [3.63, 3.8) is 0 Å². The van der Waals surface area contributed by atoms with Crippen LogP contribution in [0.5, 0.6) is 5.75 Å². The van der Waals surface area contributed by atoms with Crippen molar-refractivity contribution in [3.8, 4) is 5.75 Å². The van der Waals surface area contributed by atoms with Crippen LogP contribution in [0.3, 0.4) is 0 Å². The van der Waals surface area contributed by atoms with Crippen LogP contribution in [-0.4, -0.2) is 30.0 Å². The van der Waals surface area contributed by atoms with Gasteiger partial charge in [-0.05, 0) is 68.0 Å². The summed E-state index contributed by atoms with van der Waals surface area (Å²) in [6, 6.07) is 15.8. The van der Waals surface area contributed by atoms with Crippen molar-refractivity contribution in [1.29, 1.82) is 0 Å². The van der Waals surface area contributed by atoms with Crippen LogP contribution in [0.2, 0.25) is 0 Å². The highest BCUT2D eigenvalue weighted by atomic mass is 32.1. The lowest BCUT2D eigenvalue weighted by molar-refractivity contribution is -0.127. The highest BCUT2D eigenvalue weighted by molar-refractivity contribution is 7.17. The fraction of sp³-hybridized carbons (Fsp3) is 0.231. The van der Waals surface area contributed by atoms with Gasteiger partial charge in [-0.2, -0.15) is 5.10 Å². The monoisotopic (exact) mass is 490 g/mol. The second kappa shape index (κ2) is 11.0. The molecule has 0 saturated carbocycles. The van der Waals surface area contributed by atoms with Crippen LogP contribution in [0, 0.1) is 0 Å². The number of carbonyl (C=O) groups excluding carboxylic acids is 3. The number of thiophene rings is 1. The minimum Gasteiger partial charge on any atom is -0.481 e. The summed E-state index contributed by atoms with van der Waals surface area (Å²) in [4.78, 5) is 38.2. The molecule has 4 N–H and O–H groups in total. The van der Waals surface area contributed by atoms with Gasteiger partial charge in [0.25, 0.3) is 17.7 Å². The fourth-order valence-electron chi connectivity index (χ4n) is 3.83. The molecule has 1 aliphatic rings. The number of carbonyl (C=O) groups is 3. The molecule has 1 heterocycles. The number of amides is 3. The highest BCUT2D eigenvalue weighted by Crippen LogP contribution is 2.38. The summed E-state index contributed by atoms with van der Waals surface area (Å²) in [5.41, 5.74) is 10.7. The van der Waals surface area contributed by atoms with Gasteiger partial charge in [-0.15, -0.1) is 11.3 Å². The largest absolute Gasteiger partial charge is 0.481 e. The Hall–Kier alpha value is -3.98. The van der Waals surface area contributed by atoms with Crippen molar-refractivity contribution in [2.24, 2.45) is 10.8 Å². The number of nitrogens with zero attached hydrogens (tertiary/aromatic N) is 1. The Morgan fingerprint density at radius 3 is 2.49 bits per heavy atom. The van der Waals surface area contributed by atoms with E-state index in [1.807, 2.05) is 30.3 Å². The number of anilines is 1. The molecular formula is C26H26N4O4S. The average molecular weight is 491 g/mol. The zero-order valence-corrected chi connectivity index (χ0v) is 20.1. The molecule has 1 aromatic heterocycles. The Bertz CT molecular complexity index is 1250. The van der Waals surface area contributed by atoms with E-state index in [1.54, 1.807) is 37.4 Å². The van der Waals surface area contributed by atoms with E-state index in [9.17, 15) is 14.4 Å². The molecule has 1 atom stereocenters. The Balaban J connectivity index is 1.35. The first kappa shape index (κ1) is 24.2. The molecule has 0 bridgehead atoms. The molecule has 3 aromatic rings. The van der Waals surface area contributed by atoms with Gasteiger partial charge in [-0.3, -0.25) is 14.4 Å². The lowest BCUT2D eigenvalue weighted by Gasteiger charge is -2.13. The number of aryl methyl sites for hydroxylation is 1. The Labute approximate surface area is 207 Å². The van der Waals surface area contributed by atoms with E-state index in [-0.39, 0.29) is 5.91 Å². The predicted molar refractivity (Wildman–Crippen MR) is 136 cm³/mol. The zero-order chi connectivity index (χ0) is 24.8. The van der Waals surface area contributed by atoms with E-state index >= 15 is 0 Å². The second-order valence-corrected chi connectivity index (χ2v) is 9.27. The summed E-state index contributed by atoms with van der Waals surface area (Å²) in [5.74, 6) is -0.845. The summed E-state index contributed by atoms with van der Waals surface area (Å²) in [6.07, 6.45) is 4.52. The summed E-state index contributed by atoms with van der Waals surface area (Å²) < 4.78 is 5.66. The molecule has 9 heteroatoms. The molecule has 180 valence electrons. The lowest BCUT2D eigenvalue weighted by atomic mass is 9.95. The van der Waals surface area contributed by atoms with Gasteiger partial charge in [0.15, 0.2) is 6.10 Å². The third kappa shape index (κ3) is 5.93. The van der Waals surface area contributed by atoms with Gasteiger partial charge in [0.2, 0.25) is 0 Å². The molecule has 3 amide bonds. The number of rotatable bonds is 8. The van der Waals surface area contributed by atoms with Crippen molar-refractivity contribution in [2.45, 2.75) is 38.7 Å². The second-order valence-electron chi connectivity index (χ2n) is 8.16. The van der Waals surface area contributed by atoms with Gasteiger partial charge in [0.1, 0.15) is 10.8 Å². The number of fused-ring (bicyclic) bond motifs is 1. The first-order chi connectivity index (χ1) is 16.9. The summed E-state index contributed by atoms with van der Waals surface area (Å²) in [5, 5.41) is 7.27. The molecule has 0 radical (unpaired) electrons. The molecule has 2 aromatic carbocycles. The van der Waals surface area contributed by atoms with Crippen molar-refractivity contribution in [3.05, 3.63) is 81.7 Å². The van der Waals surface area contributed by atoms with E-state index in [4.69, 9.17) is 10.5 Å². The third-order valence-electron chi connectivity index (χ3n) is 5.63. The third-order valence-corrected chi connectivity index (χ3v) is 6.84. The van der Waals surface area contributed by atoms with Gasteiger partial charge < -0.3 is 15.8 Å². The first-order valence-corrected chi connectivity index (χ1v) is 12.1. The first-order valence-electron chi connectivity index (χ1n) is 11.3.